The van der Waals surface area contributed by atoms with Gasteiger partial charge in [-0.3, -0.25) is 15.6 Å². The minimum absolute atomic E-state index is 0.0212. The fraction of sp³-hybridized carbons (Fsp3) is 0.333. The van der Waals surface area contributed by atoms with Crippen LogP contribution in [0.1, 0.15) is 29.8 Å². The van der Waals surface area contributed by atoms with Crippen LogP contribution >= 0.6 is 11.3 Å². The van der Waals surface area contributed by atoms with Gasteiger partial charge in [-0.2, -0.15) is 0 Å². The molecule has 0 radical (unpaired) electrons. The van der Waals surface area contributed by atoms with Crippen LogP contribution in [-0.2, 0) is 20.7 Å². The fourth-order valence-corrected chi connectivity index (χ4v) is 4.22. The predicted molar refractivity (Wildman–Crippen MR) is 114 cm³/mol. The molecule has 3 N–H and O–H groups in total. The molecule has 1 aliphatic heterocycles. The number of amides is 1. The van der Waals surface area contributed by atoms with Gasteiger partial charge >= 0.3 is 0 Å². The molecule has 1 saturated heterocycles. The molecular weight excluding hydrogens is 407 g/mol. The maximum Gasteiger partial charge on any atom is 0.229 e. The number of hydrogen-bond donors (Lipinski definition) is 3. The average Bonchev–Trinajstić information content (AvgIpc) is 3.09. The van der Waals surface area contributed by atoms with Gasteiger partial charge in [0, 0.05) is 5.56 Å². The summed E-state index contributed by atoms with van der Waals surface area (Å²) in [5.41, 5.74) is 1.94. The normalized spacial score (nSPS) is 16.1. The molecule has 0 unspecified atom stereocenters. The zero-order chi connectivity index (χ0) is 21.1. The fourth-order valence-electron chi connectivity index (χ4n) is 3.22. The number of carbonyl (C=O) groups excluding carboxylic acids is 1. The predicted octanol–water partition coefficient (Wildman–Crippen LogP) is 3.59. The smallest absolute Gasteiger partial charge is 0.229 e. The van der Waals surface area contributed by atoms with Crippen LogP contribution in [0, 0.1) is 16.6 Å². The van der Waals surface area contributed by atoms with Crippen molar-refractivity contribution in [3.8, 4) is 0 Å². The number of allylic oxidation sites excluding steroid dienone is 4. The first-order valence-electron chi connectivity index (χ1n) is 9.64. The Bertz CT molecular complexity index is 1070. The van der Waals surface area contributed by atoms with Crippen LogP contribution in [0.2, 0.25) is 0 Å². The molecule has 2 heterocycles. The maximum atomic E-state index is 15.0. The molecular formula is C21H21FN4O3S. The first kappa shape index (κ1) is 20.4. The molecule has 1 aliphatic carbocycles. The van der Waals surface area contributed by atoms with Crippen molar-refractivity contribution in [2.75, 3.05) is 13.2 Å². The Morgan fingerprint density at radius 2 is 2.13 bits per heavy atom. The third-order valence-corrected chi connectivity index (χ3v) is 5.79. The van der Waals surface area contributed by atoms with Crippen molar-refractivity contribution in [1.82, 2.24) is 10.3 Å². The lowest BCUT2D eigenvalue weighted by Crippen LogP contribution is -2.49. The molecule has 0 spiro atoms. The Morgan fingerprint density at radius 3 is 2.83 bits per heavy atom. The monoisotopic (exact) mass is 428 g/mol. The number of carbonyl (C=O) groups is 1. The Labute approximate surface area is 176 Å². The third kappa shape index (κ3) is 4.63. The number of halogens is 1. The molecule has 7 nitrogen and oxygen atoms in total. The van der Waals surface area contributed by atoms with E-state index in [0.717, 1.165) is 18.4 Å². The lowest BCUT2D eigenvalue weighted by atomic mass is 9.99. The van der Waals surface area contributed by atoms with Gasteiger partial charge in [0.1, 0.15) is 17.2 Å². The molecule has 9 heteroatoms. The second-order valence-corrected chi connectivity index (χ2v) is 8.21. The highest BCUT2D eigenvalue weighted by atomic mass is 32.1. The highest BCUT2D eigenvalue weighted by Gasteiger charge is 2.22. The number of nitrogens with zero attached hydrogens (tertiary/aromatic N) is 1. The van der Waals surface area contributed by atoms with E-state index in [4.69, 9.17) is 20.3 Å². The molecule has 0 bridgehead atoms. The first-order chi connectivity index (χ1) is 14.5. The van der Waals surface area contributed by atoms with Gasteiger partial charge in [-0.1, -0.05) is 18.2 Å². The number of benzene rings is 1. The summed E-state index contributed by atoms with van der Waals surface area (Å²) in [4.78, 5) is 16.2. The Morgan fingerprint density at radius 1 is 1.30 bits per heavy atom. The van der Waals surface area contributed by atoms with E-state index in [0.29, 0.717) is 34.0 Å². The van der Waals surface area contributed by atoms with E-state index in [1.165, 1.54) is 11.3 Å². The molecule has 1 aromatic heterocycles. The number of rotatable bonds is 6. The van der Waals surface area contributed by atoms with Crippen molar-refractivity contribution in [1.29, 1.82) is 10.8 Å². The van der Waals surface area contributed by atoms with Gasteiger partial charge in [0.15, 0.2) is 11.8 Å². The Kier molecular flexibility index (Phi) is 6.01. The van der Waals surface area contributed by atoms with Gasteiger partial charge in [0.2, 0.25) is 5.91 Å². The summed E-state index contributed by atoms with van der Waals surface area (Å²) in [5, 5.41) is 19.0. The molecule has 30 heavy (non-hydrogen) atoms. The highest BCUT2D eigenvalue weighted by molar-refractivity contribution is 7.18. The molecule has 4 rings (SSSR count). The Balaban J connectivity index is 1.38. The summed E-state index contributed by atoms with van der Waals surface area (Å²) in [6.45, 7) is 0.943. The van der Waals surface area contributed by atoms with Crippen molar-refractivity contribution in [3.05, 3.63) is 46.7 Å². The van der Waals surface area contributed by atoms with Crippen molar-refractivity contribution < 1.29 is 18.7 Å². The zero-order valence-electron chi connectivity index (χ0n) is 16.2. The maximum absolute atomic E-state index is 15.0. The number of hydrogen-bond acceptors (Lipinski definition) is 7. The van der Waals surface area contributed by atoms with Gasteiger partial charge in [-0.05, 0) is 30.5 Å². The van der Waals surface area contributed by atoms with Gasteiger partial charge in [-0.15, -0.1) is 11.3 Å². The quantitative estimate of drug-likeness (QED) is 0.483. The van der Waals surface area contributed by atoms with Gasteiger partial charge in [0.25, 0.3) is 0 Å². The molecule has 1 fully saturated rings. The van der Waals surface area contributed by atoms with Crippen molar-refractivity contribution in [2.45, 2.75) is 31.7 Å². The molecule has 0 atom stereocenters. The van der Waals surface area contributed by atoms with E-state index in [1.54, 1.807) is 12.1 Å². The van der Waals surface area contributed by atoms with Crippen molar-refractivity contribution in [2.24, 2.45) is 0 Å². The average molecular weight is 428 g/mol. The minimum Gasteiger partial charge on any atom is -0.429 e. The van der Waals surface area contributed by atoms with Crippen LogP contribution < -0.4 is 5.32 Å². The second kappa shape index (κ2) is 8.85. The van der Waals surface area contributed by atoms with E-state index >= 15 is 4.39 Å². The zero-order valence-corrected chi connectivity index (χ0v) is 17.0. The Hall–Kier alpha value is -2.91. The van der Waals surface area contributed by atoms with Gasteiger partial charge < -0.3 is 14.8 Å². The molecule has 2 aliphatic rings. The van der Waals surface area contributed by atoms with Crippen LogP contribution in [0.25, 0.3) is 15.8 Å². The van der Waals surface area contributed by atoms with Crippen LogP contribution in [0.4, 0.5) is 4.39 Å². The number of fused-ring (bicyclic) bond motifs is 1. The topological polar surface area (TPSA) is 108 Å². The summed E-state index contributed by atoms with van der Waals surface area (Å²) in [7, 11) is 0. The lowest BCUT2D eigenvalue weighted by Gasteiger charge is -2.26. The summed E-state index contributed by atoms with van der Waals surface area (Å²) in [6, 6.07) is 3.48. The van der Waals surface area contributed by atoms with Gasteiger partial charge in [0.05, 0.1) is 35.9 Å². The third-order valence-electron chi connectivity index (χ3n) is 4.73. The number of thiazole rings is 1. The lowest BCUT2D eigenvalue weighted by molar-refractivity contribution is -0.124. The number of aromatic nitrogens is 1. The van der Waals surface area contributed by atoms with E-state index < -0.39 is 0 Å². The highest BCUT2D eigenvalue weighted by Crippen LogP contribution is 2.32. The largest absolute Gasteiger partial charge is 0.429 e. The standard InChI is InChI=1S/C21H21FN4O3S/c22-20-14(12-4-2-1-3-5-12)6-7-15-21(20)30-19(26-15)9-17(24)29-16(23)8-18(27)25-13-10-28-11-13/h2,4-7,13,23-24H,1,3,8-11H2,(H,25,27). The van der Waals surface area contributed by atoms with Gasteiger partial charge in [-0.25, -0.2) is 9.37 Å². The van der Waals surface area contributed by atoms with E-state index in [9.17, 15) is 4.79 Å². The van der Waals surface area contributed by atoms with E-state index in [2.05, 4.69) is 10.3 Å². The molecule has 2 aromatic rings. The summed E-state index contributed by atoms with van der Waals surface area (Å²) >= 11 is 1.17. The molecule has 0 saturated carbocycles. The first-order valence-corrected chi connectivity index (χ1v) is 10.5. The molecule has 1 amide bonds. The number of ether oxygens (including phenoxy) is 2. The SMILES string of the molecule is N=C(CC(=O)NC1COC1)OC(=N)Cc1nc2ccc(C3=CCCC=C3)c(F)c2s1. The van der Waals surface area contributed by atoms with E-state index in [-0.39, 0.29) is 42.4 Å². The summed E-state index contributed by atoms with van der Waals surface area (Å²) in [5.74, 6) is -1.19. The molecule has 156 valence electrons. The van der Waals surface area contributed by atoms with Crippen LogP contribution in [0.3, 0.4) is 0 Å². The van der Waals surface area contributed by atoms with Crippen LogP contribution in [0.5, 0.6) is 0 Å². The summed E-state index contributed by atoms with van der Waals surface area (Å²) in [6.07, 6.45) is 7.62. The van der Waals surface area contributed by atoms with Crippen LogP contribution in [-0.4, -0.2) is 41.9 Å². The van der Waals surface area contributed by atoms with Crippen molar-refractivity contribution in [3.63, 3.8) is 0 Å². The molecule has 1 aromatic carbocycles. The number of nitrogens with one attached hydrogen (secondary N) is 3. The van der Waals surface area contributed by atoms with E-state index in [1.807, 2.05) is 18.2 Å². The van der Waals surface area contributed by atoms with Crippen molar-refractivity contribution >= 4 is 44.8 Å². The summed E-state index contributed by atoms with van der Waals surface area (Å²) < 4.78 is 25.6. The minimum atomic E-state index is -0.346. The van der Waals surface area contributed by atoms with Crippen LogP contribution in [0.15, 0.2) is 30.4 Å². The second-order valence-electron chi connectivity index (χ2n) is 7.13.